The van der Waals surface area contributed by atoms with Gasteiger partial charge in [-0.2, -0.15) is 0 Å². The average Bonchev–Trinajstić information content (AvgIpc) is 2.62. The number of carbonyl (C=O) groups is 1. The summed E-state index contributed by atoms with van der Waals surface area (Å²) in [5.41, 5.74) is 1.22. The van der Waals surface area contributed by atoms with E-state index >= 15 is 0 Å². The molecule has 3 heteroatoms. The number of carbonyl (C=O) groups excluding carboxylic acids is 1. The van der Waals surface area contributed by atoms with Gasteiger partial charge < -0.3 is 5.32 Å². The average molecular weight is 205 g/mol. The van der Waals surface area contributed by atoms with Gasteiger partial charge in [-0.05, 0) is 17.7 Å². The van der Waals surface area contributed by atoms with Crippen LogP contribution in [0.2, 0.25) is 0 Å². The Morgan fingerprint density at radius 1 is 1.57 bits per heavy atom. The van der Waals surface area contributed by atoms with E-state index in [1.165, 1.54) is 16.5 Å². The van der Waals surface area contributed by atoms with E-state index in [1.54, 1.807) is 11.8 Å². The number of hydrogen-bond acceptors (Lipinski definition) is 2. The van der Waals surface area contributed by atoms with Crippen molar-refractivity contribution in [2.45, 2.75) is 10.9 Å². The minimum atomic E-state index is -0.104. The van der Waals surface area contributed by atoms with Crippen molar-refractivity contribution < 1.29 is 4.79 Å². The highest BCUT2D eigenvalue weighted by Gasteiger charge is 2.22. The highest BCUT2D eigenvalue weighted by Crippen LogP contribution is 2.37. The van der Waals surface area contributed by atoms with E-state index in [0.717, 1.165) is 5.75 Å². The first-order valence-electron chi connectivity index (χ1n) is 4.46. The summed E-state index contributed by atoms with van der Waals surface area (Å²) < 4.78 is 0. The maximum Gasteiger partial charge on any atom is 0.243 e. The van der Waals surface area contributed by atoms with Crippen LogP contribution in [0.3, 0.4) is 0 Å². The fraction of sp³-hybridized carbons (Fsp3) is 0.182. The summed E-state index contributed by atoms with van der Waals surface area (Å²) in [7, 11) is 0. The van der Waals surface area contributed by atoms with E-state index in [2.05, 4.69) is 24.0 Å². The van der Waals surface area contributed by atoms with Crippen LogP contribution >= 0.6 is 11.8 Å². The Hall–Kier alpha value is -1.22. The maximum atomic E-state index is 11.1. The molecule has 2 nitrogen and oxygen atoms in total. The lowest BCUT2D eigenvalue weighted by atomic mass is 10.1. The number of fused-ring (bicyclic) bond motifs is 1. The third kappa shape index (κ3) is 1.68. The first-order chi connectivity index (χ1) is 6.81. The zero-order valence-corrected chi connectivity index (χ0v) is 8.51. The number of hydrogen-bond donors (Lipinski definition) is 1. The van der Waals surface area contributed by atoms with Crippen molar-refractivity contribution in [3.05, 3.63) is 42.5 Å². The van der Waals surface area contributed by atoms with E-state index in [-0.39, 0.29) is 11.9 Å². The van der Waals surface area contributed by atoms with Crippen molar-refractivity contribution in [2.24, 2.45) is 0 Å². The molecule has 0 bridgehead atoms. The van der Waals surface area contributed by atoms with E-state index in [9.17, 15) is 4.79 Å². The summed E-state index contributed by atoms with van der Waals surface area (Å²) in [5.74, 6) is 0.811. The predicted octanol–water partition coefficient (Wildman–Crippen LogP) is 2.14. The minimum absolute atomic E-state index is 0.104. The van der Waals surface area contributed by atoms with Gasteiger partial charge in [0.2, 0.25) is 5.91 Å². The van der Waals surface area contributed by atoms with Crippen LogP contribution in [0.25, 0.3) is 0 Å². The van der Waals surface area contributed by atoms with Crippen molar-refractivity contribution in [3.63, 3.8) is 0 Å². The molecule has 2 rings (SSSR count). The van der Waals surface area contributed by atoms with Crippen LogP contribution in [0, 0.1) is 0 Å². The zero-order valence-electron chi connectivity index (χ0n) is 7.69. The van der Waals surface area contributed by atoms with E-state index in [4.69, 9.17) is 0 Å². The van der Waals surface area contributed by atoms with Gasteiger partial charge in [0.15, 0.2) is 0 Å². The lowest BCUT2D eigenvalue weighted by Gasteiger charge is -2.10. The largest absolute Gasteiger partial charge is 0.345 e. The second-order valence-electron chi connectivity index (χ2n) is 3.11. The third-order valence-corrected chi connectivity index (χ3v) is 3.38. The number of benzene rings is 1. The lowest BCUT2D eigenvalue weighted by molar-refractivity contribution is -0.117. The topological polar surface area (TPSA) is 29.1 Å². The Morgan fingerprint density at radius 3 is 3.14 bits per heavy atom. The monoisotopic (exact) mass is 205 g/mol. The summed E-state index contributed by atoms with van der Waals surface area (Å²) in [6, 6.07) is 8.30. The first kappa shape index (κ1) is 9.34. The summed E-state index contributed by atoms with van der Waals surface area (Å²) in [4.78, 5) is 12.4. The minimum Gasteiger partial charge on any atom is -0.345 e. The summed E-state index contributed by atoms with van der Waals surface area (Å²) in [6.07, 6.45) is 1.31. The fourth-order valence-corrected chi connectivity index (χ4v) is 2.67. The number of amides is 1. The molecule has 0 fully saturated rings. The van der Waals surface area contributed by atoms with Gasteiger partial charge in [-0.15, -0.1) is 11.8 Å². The number of thioether (sulfide) groups is 1. The molecule has 0 radical (unpaired) electrons. The van der Waals surface area contributed by atoms with Crippen molar-refractivity contribution in [3.8, 4) is 0 Å². The standard InChI is InChI=1S/C11H11NOS/c1-2-11(13)12-9-7-14-10-6-4-3-5-8(9)10/h2-6,9H,1,7H2,(H,12,13). The Morgan fingerprint density at radius 2 is 2.36 bits per heavy atom. The van der Waals surface area contributed by atoms with Crippen molar-refractivity contribution in [1.29, 1.82) is 0 Å². The van der Waals surface area contributed by atoms with E-state index in [0.29, 0.717) is 0 Å². The molecule has 0 aliphatic carbocycles. The summed E-state index contributed by atoms with van der Waals surface area (Å²) in [5, 5.41) is 2.91. The van der Waals surface area contributed by atoms with Crippen molar-refractivity contribution in [2.75, 3.05) is 5.75 Å². The van der Waals surface area contributed by atoms with Gasteiger partial charge in [0.05, 0.1) is 6.04 Å². The lowest BCUT2D eigenvalue weighted by Crippen LogP contribution is -2.26. The summed E-state index contributed by atoms with van der Waals surface area (Å²) in [6.45, 7) is 3.44. The highest BCUT2D eigenvalue weighted by atomic mass is 32.2. The van der Waals surface area contributed by atoms with Crippen LogP contribution in [-0.2, 0) is 4.79 Å². The fourth-order valence-electron chi connectivity index (χ4n) is 1.51. The van der Waals surface area contributed by atoms with Gasteiger partial charge >= 0.3 is 0 Å². The molecule has 0 aromatic heterocycles. The molecule has 14 heavy (non-hydrogen) atoms. The molecular formula is C11H11NOS. The highest BCUT2D eigenvalue weighted by molar-refractivity contribution is 7.99. The quantitative estimate of drug-likeness (QED) is 0.749. The molecule has 1 atom stereocenters. The Bertz CT molecular complexity index is 375. The zero-order chi connectivity index (χ0) is 9.97. The predicted molar refractivity (Wildman–Crippen MR) is 58.2 cm³/mol. The second kappa shape index (κ2) is 3.88. The normalized spacial score (nSPS) is 18.7. The van der Waals surface area contributed by atoms with Crippen LogP contribution in [-0.4, -0.2) is 11.7 Å². The van der Waals surface area contributed by atoms with Gasteiger partial charge in [-0.25, -0.2) is 0 Å². The molecule has 0 saturated heterocycles. The van der Waals surface area contributed by atoms with Crippen LogP contribution in [0.4, 0.5) is 0 Å². The molecule has 0 spiro atoms. The molecule has 1 unspecified atom stereocenters. The van der Waals surface area contributed by atoms with Crippen molar-refractivity contribution in [1.82, 2.24) is 5.32 Å². The molecule has 1 aromatic rings. The van der Waals surface area contributed by atoms with Crippen LogP contribution < -0.4 is 5.32 Å². The molecule has 1 N–H and O–H groups in total. The Labute approximate surface area is 87.4 Å². The van der Waals surface area contributed by atoms with Crippen LogP contribution in [0.1, 0.15) is 11.6 Å². The van der Waals surface area contributed by atoms with Gasteiger partial charge in [0.25, 0.3) is 0 Å². The molecule has 1 amide bonds. The molecule has 1 aliphatic heterocycles. The van der Waals surface area contributed by atoms with Gasteiger partial charge in [0.1, 0.15) is 0 Å². The van der Waals surface area contributed by atoms with E-state index < -0.39 is 0 Å². The molecule has 1 aliphatic rings. The molecule has 72 valence electrons. The smallest absolute Gasteiger partial charge is 0.243 e. The molecule has 1 aromatic carbocycles. The van der Waals surface area contributed by atoms with Crippen molar-refractivity contribution >= 4 is 17.7 Å². The third-order valence-electron chi connectivity index (χ3n) is 2.20. The summed E-state index contributed by atoms with van der Waals surface area (Å²) >= 11 is 1.78. The van der Waals surface area contributed by atoms with Crippen LogP contribution in [0.5, 0.6) is 0 Å². The number of nitrogens with one attached hydrogen (secondary N) is 1. The Balaban J connectivity index is 2.18. The molecular weight excluding hydrogens is 194 g/mol. The van der Waals surface area contributed by atoms with Gasteiger partial charge in [0, 0.05) is 10.6 Å². The van der Waals surface area contributed by atoms with Gasteiger partial charge in [-0.1, -0.05) is 24.8 Å². The number of rotatable bonds is 2. The van der Waals surface area contributed by atoms with Gasteiger partial charge in [-0.3, -0.25) is 4.79 Å². The SMILES string of the molecule is C=CC(=O)NC1CSc2ccccc21. The Kier molecular flexibility index (Phi) is 2.59. The first-order valence-corrected chi connectivity index (χ1v) is 5.44. The second-order valence-corrected chi connectivity index (χ2v) is 4.18. The van der Waals surface area contributed by atoms with Crippen LogP contribution in [0.15, 0.2) is 41.8 Å². The van der Waals surface area contributed by atoms with E-state index in [1.807, 2.05) is 12.1 Å². The molecule has 1 heterocycles. The molecule has 0 saturated carbocycles. The maximum absolute atomic E-state index is 11.1.